The third-order valence-corrected chi connectivity index (χ3v) is 3.01. The quantitative estimate of drug-likeness (QED) is 0.907. The first-order valence-corrected chi connectivity index (χ1v) is 6.19. The Morgan fingerprint density at radius 1 is 1.45 bits per heavy atom. The Morgan fingerprint density at radius 3 is 2.80 bits per heavy atom. The van der Waals surface area contributed by atoms with Crippen LogP contribution in [0.25, 0.3) is 0 Å². The molecule has 6 nitrogen and oxygen atoms in total. The summed E-state index contributed by atoms with van der Waals surface area (Å²) in [6, 6.07) is 5.41. The fourth-order valence-electron chi connectivity index (χ4n) is 1.67. The number of carbonyl (C=O) groups is 2. The number of halogens is 1. The second kappa shape index (κ2) is 5.75. The number of hydrogen-bond donors (Lipinski definition) is 2. The minimum Gasteiger partial charge on any atom is -0.478 e. The molecule has 2 rings (SSSR count). The summed E-state index contributed by atoms with van der Waals surface area (Å²) in [5.41, 5.74) is 0.143. The number of carbonyl (C=O) groups excluding carboxylic acids is 1. The minimum absolute atomic E-state index is 0.0569. The summed E-state index contributed by atoms with van der Waals surface area (Å²) in [5.74, 6) is -1.52. The lowest BCUT2D eigenvalue weighted by Gasteiger charge is -2.14. The Hall–Kier alpha value is -2.34. The van der Waals surface area contributed by atoms with Crippen LogP contribution in [0.5, 0.6) is 0 Å². The number of carboxylic acid groups (broad SMARTS) is 1. The van der Waals surface area contributed by atoms with Crippen LogP contribution in [0, 0.1) is 0 Å². The molecule has 0 radical (unpaired) electrons. The van der Waals surface area contributed by atoms with Gasteiger partial charge in [-0.2, -0.15) is 5.10 Å². The molecule has 1 aromatic carbocycles. The van der Waals surface area contributed by atoms with E-state index in [1.165, 1.54) is 22.9 Å². The van der Waals surface area contributed by atoms with Crippen LogP contribution in [0.2, 0.25) is 5.02 Å². The maximum absolute atomic E-state index is 12.1. The molecule has 20 heavy (non-hydrogen) atoms. The highest BCUT2D eigenvalue weighted by Crippen LogP contribution is 2.21. The number of amides is 1. The first-order valence-electron chi connectivity index (χ1n) is 5.82. The van der Waals surface area contributed by atoms with Crippen molar-refractivity contribution >= 4 is 29.2 Å². The predicted octanol–water partition coefficient (Wildman–Crippen LogP) is 2.43. The molecule has 0 aliphatic rings. The van der Waals surface area contributed by atoms with Gasteiger partial charge in [0.15, 0.2) is 0 Å². The smallest absolute Gasteiger partial charge is 0.337 e. The van der Waals surface area contributed by atoms with Gasteiger partial charge in [0.25, 0.3) is 0 Å². The van der Waals surface area contributed by atoms with Gasteiger partial charge in [-0.05, 0) is 31.2 Å². The maximum atomic E-state index is 12.1. The standard InChI is InChI=1S/C13H12ClN3O3/c1-8(17-6-2-5-15-17)12(18)16-11-4-3-9(14)7-10(11)13(19)20/h2-8H,1H3,(H,16,18)(H,19,20). The summed E-state index contributed by atoms with van der Waals surface area (Å²) in [6.07, 6.45) is 3.22. The number of anilines is 1. The average Bonchev–Trinajstić information content (AvgIpc) is 2.93. The Bertz CT molecular complexity index is 640. The largest absolute Gasteiger partial charge is 0.478 e. The van der Waals surface area contributed by atoms with E-state index >= 15 is 0 Å². The zero-order chi connectivity index (χ0) is 14.7. The van der Waals surface area contributed by atoms with Crippen molar-refractivity contribution < 1.29 is 14.7 Å². The SMILES string of the molecule is CC(C(=O)Nc1ccc(Cl)cc1C(=O)O)n1cccn1. The van der Waals surface area contributed by atoms with Gasteiger partial charge < -0.3 is 10.4 Å². The molecular formula is C13H12ClN3O3. The molecule has 1 heterocycles. The van der Waals surface area contributed by atoms with Crippen LogP contribution in [-0.2, 0) is 4.79 Å². The monoisotopic (exact) mass is 293 g/mol. The number of carboxylic acids is 1. The van der Waals surface area contributed by atoms with Crippen LogP contribution >= 0.6 is 11.6 Å². The fourth-order valence-corrected chi connectivity index (χ4v) is 1.84. The van der Waals surface area contributed by atoms with Gasteiger partial charge in [-0.3, -0.25) is 9.48 Å². The van der Waals surface area contributed by atoms with Gasteiger partial charge >= 0.3 is 5.97 Å². The highest BCUT2D eigenvalue weighted by atomic mass is 35.5. The Kier molecular flexibility index (Phi) is 4.05. The van der Waals surface area contributed by atoms with E-state index in [1.807, 2.05) is 0 Å². The van der Waals surface area contributed by atoms with Crippen molar-refractivity contribution in [3.63, 3.8) is 0 Å². The molecule has 104 valence electrons. The van der Waals surface area contributed by atoms with Crippen LogP contribution in [0.3, 0.4) is 0 Å². The van der Waals surface area contributed by atoms with Gasteiger partial charge in [0.05, 0.1) is 11.3 Å². The number of benzene rings is 1. The van der Waals surface area contributed by atoms with Crippen LogP contribution in [0.15, 0.2) is 36.7 Å². The van der Waals surface area contributed by atoms with E-state index in [0.717, 1.165) is 0 Å². The molecule has 1 amide bonds. The molecule has 7 heteroatoms. The summed E-state index contributed by atoms with van der Waals surface area (Å²) < 4.78 is 1.48. The highest BCUT2D eigenvalue weighted by Gasteiger charge is 2.18. The predicted molar refractivity (Wildman–Crippen MR) is 74.0 cm³/mol. The van der Waals surface area contributed by atoms with Crippen LogP contribution in [0.4, 0.5) is 5.69 Å². The third kappa shape index (κ3) is 2.97. The summed E-state index contributed by atoms with van der Waals surface area (Å²) >= 11 is 5.75. The summed E-state index contributed by atoms with van der Waals surface area (Å²) in [6.45, 7) is 1.67. The summed E-state index contributed by atoms with van der Waals surface area (Å²) in [5, 5.41) is 15.9. The first-order chi connectivity index (χ1) is 9.49. The van der Waals surface area contributed by atoms with Crippen molar-refractivity contribution in [2.45, 2.75) is 13.0 Å². The summed E-state index contributed by atoms with van der Waals surface area (Å²) in [7, 11) is 0. The Labute approximate surface area is 120 Å². The molecule has 1 atom stereocenters. The first kappa shape index (κ1) is 14.1. The van der Waals surface area contributed by atoms with Gasteiger partial charge in [-0.15, -0.1) is 0 Å². The zero-order valence-corrected chi connectivity index (χ0v) is 11.3. The molecule has 2 N–H and O–H groups in total. The van der Waals surface area contributed by atoms with Crippen molar-refractivity contribution in [3.05, 3.63) is 47.2 Å². The molecule has 0 saturated carbocycles. The van der Waals surface area contributed by atoms with E-state index in [1.54, 1.807) is 25.4 Å². The van der Waals surface area contributed by atoms with Crippen LogP contribution < -0.4 is 5.32 Å². The molecule has 0 aliphatic heterocycles. The van der Waals surface area contributed by atoms with Gasteiger partial charge in [0.2, 0.25) is 5.91 Å². The molecule has 1 aromatic heterocycles. The van der Waals surface area contributed by atoms with Gasteiger partial charge in [-0.25, -0.2) is 4.79 Å². The van der Waals surface area contributed by atoms with E-state index in [9.17, 15) is 9.59 Å². The minimum atomic E-state index is -1.16. The molecule has 0 aliphatic carbocycles. The lowest BCUT2D eigenvalue weighted by Crippen LogP contribution is -2.24. The second-order valence-corrected chi connectivity index (χ2v) is 4.58. The highest BCUT2D eigenvalue weighted by molar-refractivity contribution is 6.31. The second-order valence-electron chi connectivity index (χ2n) is 4.15. The number of nitrogens with zero attached hydrogens (tertiary/aromatic N) is 2. The fraction of sp³-hybridized carbons (Fsp3) is 0.154. The van der Waals surface area contributed by atoms with Crippen LogP contribution in [0.1, 0.15) is 23.3 Å². The number of aromatic nitrogens is 2. The van der Waals surface area contributed by atoms with Gasteiger partial charge in [0, 0.05) is 17.4 Å². The normalized spacial score (nSPS) is 11.9. The van der Waals surface area contributed by atoms with Crippen molar-refractivity contribution in [3.8, 4) is 0 Å². The Morgan fingerprint density at radius 2 is 2.20 bits per heavy atom. The van der Waals surface area contributed by atoms with Crippen molar-refractivity contribution in [2.75, 3.05) is 5.32 Å². The van der Waals surface area contributed by atoms with E-state index < -0.39 is 12.0 Å². The molecule has 2 aromatic rings. The maximum Gasteiger partial charge on any atom is 0.337 e. The lowest BCUT2D eigenvalue weighted by atomic mass is 10.1. The third-order valence-electron chi connectivity index (χ3n) is 2.77. The zero-order valence-electron chi connectivity index (χ0n) is 10.6. The molecule has 0 saturated heterocycles. The summed E-state index contributed by atoms with van der Waals surface area (Å²) in [4.78, 5) is 23.2. The number of nitrogens with one attached hydrogen (secondary N) is 1. The van der Waals surface area contributed by atoms with Gasteiger partial charge in [-0.1, -0.05) is 11.6 Å². The molecule has 0 fully saturated rings. The number of aromatic carboxylic acids is 1. The van der Waals surface area contributed by atoms with Crippen LogP contribution in [-0.4, -0.2) is 26.8 Å². The topological polar surface area (TPSA) is 84.2 Å². The van der Waals surface area contributed by atoms with E-state index in [2.05, 4.69) is 10.4 Å². The van der Waals surface area contributed by atoms with Crippen molar-refractivity contribution in [1.29, 1.82) is 0 Å². The van der Waals surface area contributed by atoms with E-state index in [-0.39, 0.29) is 17.2 Å². The van der Waals surface area contributed by atoms with Crippen molar-refractivity contribution in [1.82, 2.24) is 9.78 Å². The lowest BCUT2D eigenvalue weighted by molar-refractivity contribution is -0.119. The van der Waals surface area contributed by atoms with E-state index in [4.69, 9.17) is 16.7 Å². The molecular weight excluding hydrogens is 282 g/mol. The number of hydrogen-bond acceptors (Lipinski definition) is 3. The Balaban J connectivity index is 2.22. The average molecular weight is 294 g/mol. The molecule has 0 bridgehead atoms. The molecule has 0 spiro atoms. The molecule has 1 unspecified atom stereocenters. The number of rotatable bonds is 4. The van der Waals surface area contributed by atoms with Gasteiger partial charge in [0.1, 0.15) is 6.04 Å². The van der Waals surface area contributed by atoms with Crippen molar-refractivity contribution in [2.24, 2.45) is 0 Å². The van der Waals surface area contributed by atoms with E-state index in [0.29, 0.717) is 5.02 Å².